The fraction of sp³-hybridized carbons (Fsp3) is 0.300. The normalized spacial score (nSPS) is 17.2. The number of amides is 1. The number of carboxylic acids is 1. The zero-order chi connectivity index (χ0) is 27.9. The number of carboxylic acid groups (broad SMARTS) is 1. The van der Waals surface area contributed by atoms with Crippen molar-refractivity contribution in [3.63, 3.8) is 0 Å². The first-order valence-electron chi connectivity index (χ1n) is 12.8. The van der Waals surface area contributed by atoms with Crippen molar-refractivity contribution in [3.8, 4) is 16.9 Å². The molecule has 1 aliphatic rings. The van der Waals surface area contributed by atoms with E-state index in [0.29, 0.717) is 29.2 Å². The van der Waals surface area contributed by atoms with Gasteiger partial charge in [0.15, 0.2) is 10.6 Å². The third-order valence-corrected chi connectivity index (χ3v) is 7.91. The number of hydrogen-bond donors (Lipinski definition) is 3. The van der Waals surface area contributed by atoms with Gasteiger partial charge in [-0.05, 0) is 53.2 Å². The van der Waals surface area contributed by atoms with Gasteiger partial charge >= 0.3 is 5.97 Å². The van der Waals surface area contributed by atoms with E-state index in [0.717, 1.165) is 24.0 Å². The highest BCUT2D eigenvalue weighted by Crippen LogP contribution is 2.33. The molecule has 212 valence electrons. The number of carbonyl (C=O) groups is 2. The number of aryl methyl sites for hydroxylation is 1. The van der Waals surface area contributed by atoms with Crippen molar-refractivity contribution in [1.29, 1.82) is 5.41 Å². The van der Waals surface area contributed by atoms with Crippen molar-refractivity contribution in [2.45, 2.75) is 36.6 Å². The number of nitrogens with one attached hydrogen (secondary N) is 1. The third-order valence-electron chi connectivity index (χ3n) is 6.97. The van der Waals surface area contributed by atoms with E-state index in [1.165, 1.54) is 5.56 Å². The van der Waals surface area contributed by atoms with Gasteiger partial charge in [0, 0.05) is 18.2 Å². The molecule has 3 atom stereocenters. The van der Waals surface area contributed by atoms with Gasteiger partial charge in [-0.25, -0.2) is 0 Å². The number of rotatable bonds is 12. The predicted molar refractivity (Wildman–Crippen MR) is 155 cm³/mol. The van der Waals surface area contributed by atoms with Crippen LogP contribution in [0.5, 0.6) is 5.75 Å². The summed E-state index contributed by atoms with van der Waals surface area (Å²) in [6.45, 7) is 0.698. The van der Waals surface area contributed by atoms with E-state index in [-0.39, 0.29) is 36.3 Å². The van der Waals surface area contributed by atoms with Crippen molar-refractivity contribution < 1.29 is 29.5 Å². The SMILES string of the molecule is C[S+]([O-])c1cc(-c2ccc(C(=N)N)cc2)ccc1OC[C@@H]1C[C@@H](CC(=O)O)C(=O)N1CCCc1ccccc1.O. The molecular formula is C30H35N3O6S. The van der Waals surface area contributed by atoms with Crippen LogP contribution < -0.4 is 10.5 Å². The summed E-state index contributed by atoms with van der Waals surface area (Å²) in [6.07, 6.45) is 3.36. The van der Waals surface area contributed by atoms with Crippen LogP contribution in [0.2, 0.25) is 0 Å². The fourth-order valence-corrected chi connectivity index (χ4v) is 5.66. The van der Waals surface area contributed by atoms with Crippen LogP contribution in [0.25, 0.3) is 11.1 Å². The minimum atomic E-state index is -1.33. The van der Waals surface area contributed by atoms with E-state index in [4.69, 9.17) is 15.9 Å². The predicted octanol–water partition coefficient (Wildman–Crippen LogP) is 3.25. The van der Waals surface area contributed by atoms with Crippen LogP contribution in [0.3, 0.4) is 0 Å². The Labute approximate surface area is 237 Å². The number of aliphatic carboxylic acids is 1. The summed E-state index contributed by atoms with van der Waals surface area (Å²) in [5.74, 6) is -1.26. The van der Waals surface area contributed by atoms with Gasteiger partial charge < -0.3 is 30.5 Å². The van der Waals surface area contributed by atoms with Crippen LogP contribution in [0.15, 0.2) is 77.7 Å². The first kappa shape index (κ1) is 30.7. The molecule has 0 bridgehead atoms. The van der Waals surface area contributed by atoms with Crippen LogP contribution in [0, 0.1) is 11.3 Å². The number of benzene rings is 3. The second-order valence-electron chi connectivity index (χ2n) is 9.72. The minimum absolute atomic E-state index is 0. The maximum absolute atomic E-state index is 13.1. The summed E-state index contributed by atoms with van der Waals surface area (Å²) in [5.41, 5.74) is 9.10. The van der Waals surface area contributed by atoms with Gasteiger partial charge in [-0.2, -0.15) is 0 Å². The van der Waals surface area contributed by atoms with Gasteiger partial charge in [-0.15, -0.1) is 0 Å². The number of hydrogen-bond acceptors (Lipinski definition) is 5. The van der Waals surface area contributed by atoms with Crippen molar-refractivity contribution in [3.05, 3.63) is 83.9 Å². The minimum Gasteiger partial charge on any atom is -0.612 e. The number of likely N-dealkylation sites (tertiary alicyclic amines) is 1. The molecule has 1 heterocycles. The number of amidine groups is 1. The smallest absolute Gasteiger partial charge is 0.304 e. The van der Waals surface area contributed by atoms with Crippen molar-refractivity contribution in [2.75, 3.05) is 19.4 Å². The largest absolute Gasteiger partial charge is 0.612 e. The van der Waals surface area contributed by atoms with Crippen LogP contribution in [-0.4, -0.2) is 63.2 Å². The lowest BCUT2D eigenvalue weighted by Gasteiger charge is -2.25. The zero-order valence-electron chi connectivity index (χ0n) is 22.3. The molecule has 0 aliphatic carbocycles. The maximum atomic E-state index is 13.1. The molecule has 9 nitrogen and oxygen atoms in total. The Hall–Kier alpha value is -3.86. The molecule has 0 radical (unpaired) electrons. The standard InChI is InChI=1S/C30H33N3O5S.H2O/c1-39(37)27-17-23(21-9-11-22(12-10-21)29(31)32)13-14-26(27)38-19-25-16-24(18-28(34)35)30(36)33(25)15-5-8-20-6-3-2-4-7-20;/h2-4,6-7,9-14,17,24-25H,5,8,15-16,18-19H2,1H3,(H3,31,32)(H,34,35);1H2/t24-,25-,39?;/m0./s1. The lowest BCUT2D eigenvalue weighted by molar-refractivity contribution is -0.142. The second-order valence-corrected chi connectivity index (χ2v) is 11.1. The Morgan fingerprint density at radius 1 is 1.12 bits per heavy atom. The van der Waals surface area contributed by atoms with Crippen LogP contribution in [0.4, 0.5) is 0 Å². The summed E-state index contributed by atoms with van der Waals surface area (Å²) < 4.78 is 18.8. The first-order chi connectivity index (χ1) is 18.7. The lowest BCUT2D eigenvalue weighted by atomic mass is 10.0. The molecule has 6 N–H and O–H groups in total. The number of ether oxygens (including phenoxy) is 1. The quantitative estimate of drug-likeness (QED) is 0.173. The molecule has 3 aromatic carbocycles. The van der Waals surface area contributed by atoms with Gasteiger partial charge in [0.1, 0.15) is 18.7 Å². The molecule has 10 heteroatoms. The Morgan fingerprint density at radius 2 is 1.80 bits per heavy atom. The number of nitrogens with zero attached hydrogens (tertiary/aromatic N) is 1. The topological polar surface area (TPSA) is 171 Å². The highest BCUT2D eigenvalue weighted by molar-refractivity contribution is 7.90. The van der Waals surface area contributed by atoms with Gasteiger partial charge in [0.25, 0.3) is 0 Å². The van der Waals surface area contributed by atoms with E-state index in [2.05, 4.69) is 0 Å². The van der Waals surface area contributed by atoms with Crippen molar-refractivity contribution in [2.24, 2.45) is 11.7 Å². The third kappa shape index (κ3) is 7.62. The molecule has 1 amide bonds. The van der Waals surface area contributed by atoms with Crippen molar-refractivity contribution in [1.82, 2.24) is 4.90 Å². The van der Waals surface area contributed by atoms with E-state index >= 15 is 0 Å². The average Bonchev–Trinajstić information content (AvgIpc) is 3.21. The van der Waals surface area contributed by atoms with Gasteiger partial charge in [-0.1, -0.05) is 60.7 Å². The van der Waals surface area contributed by atoms with Crippen molar-refractivity contribution >= 4 is 28.9 Å². The monoisotopic (exact) mass is 565 g/mol. The molecule has 1 aliphatic heterocycles. The molecule has 0 aromatic heterocycles. The highest BCUT2D eigenvalue weighted by atomic mass is 32.2. The molecule has 3 aromatic rings. The molecule has 40 heavy (non-hydrogen) atoms. The van der Waals surface area contributed by atoms with Gasteiger partial charge in [0.05, 0.1) is 18.4 Å². The van der Waals surface area contributed by atoms with E-state index in [1.807, 2.05) is 54.6 Å². The maximum Gasteiger partial charge on any atom is 0.304 e. The summed E-state index contributed by atoms with van der Waals surface area (Å²) in [7, 11) is 0. The number of nitrogen functional groups attached to an aromatic ring is 1. The molecule has 1 fully saturated rings. The summed E-state index contributed by atoms with van der Waals surface area (Å²) in [4.78, 5) is 26.7. The van der Waals surface area contributed by atoms with E-state index in [9.17, 15) is 19.2 Å². The summed E-state index contributed by atoms with van der Waals surface area (Å²) in [6, 6.07) is 22.5. The average molecular weight is 566 g/mol. The summed E-state index contributed by atoms with van der Waals surface area (Å²) >= 11 is -1.33. The molecule has 0 spiro atoms. The Bertz CT molecular complexity index is 1320. The van der Waals surface area contributed by atoms with E-state index < -0.39 is 23.1 Å². The number of nitrogens with two attached hydrogens (primary N) is 1. The Balaban J connectivity index is 0.00000441. The summed E-state index contributed by atoms with van der Waals surface area (Å²) in [5, 5.41) is 16.9. The highest BCUT2D eigenvalue weighted by Gasteiger charge is 2.40. The van der Waals surface area contributed by atoms with E-state index in [1.54, 1.807) is 29.4 Å². The molecule has 1 saturated heterocycles. The lowest BCUT2D eigenvalue weighted by Crippen LogP contribution is -2.38. The Kier molecular flexibility index (Phi) is 10.7. The molecular weight excluding hydrogens is 530 g/mol. The molecule has 0 saturated carbocycles. The van der Waals surface area contributed by atoms with Crippen LogP contribution in [-0.2, 0) is 27.2 Å². The zero-order valence-corrected chi connectivity index (χ0v) is 23.2. The Morgan fingerprint density at radius 3 is 2.42 bits per heavy atom. The first-order valence-corrected chi connectivity index (χ1v) is 14.4. The van der Waals surface area contributed by atoms with Gasteiger partial charge in [0.2, 0.25) is 5.91 Å². The molecule has 1 unspecified atom stereocenters. The van der Waals surface area contributed by atoms with Gasteiger partial charge in [-0.3, -0.25) is 15.0 Å². The van der Waals surface area contributed by atoms with Crippen LogP contribution >= 0.6 is 0 Å². The number of carbonyl (C=O) groups excluding carboxylic acids is 1. The van der Waals surface area contributed by atoms with Crippen LogP contribution in [0.1, 0.15) is 30.4 Å². The second kappa shape index (κ2) is 14.0. The fourth-order valence-electron chi connectivity index (χ4n) is 4.96. The molecule has 4 rings (SSSR count).